The van der Waals surface area contributed by atoms with Gasteiger partial charge in [-0.2, -0.15) is 5.10 Å². The summed E-state index contributed by atoms with van der Waals surface area (Å²) in [4.78, 5) is 2.55. The van der Waals surface area contributed by atoms with Crippen LogP contribution in [0.1, 0.15) is 59.8 Å². The van der Waals surface area contributed by atoms with E-state index in [-0.39, 0.29) is 0 Å². The fraction of sp³-hybridized carbons (Fsp3) is 0.625. The van der Waals surface area contributed by atoms with Crippen molar-refractivity contribution in [2.24, 2.45) is 0 Å². The average molecular weight is 288 g/mol. The number of H-pyrrole nitrogens is 1. The Morgan fingerprint density at radius 3 is 2.81 bits per heavy atom. The van der Waals surface area contributed by atoms with Crippen molar-refractivity contribution in [3.05, 3.63) is 34.0 Å². The maximum Gasteiger partial charge on any atom is 0.138 e. The van der Waals surface area contributed by atoms with Crippen molar-refractivity contribution >= 4 is 0 Å². The predicted octanol–water partition coefficient (Wildman–Crippen LogP) is 3.22. The Morgan fingerprint density at radius 1 is 1.33 bits per heavy atom. The summed E-state index contributed by atoms with van der Waals surface area (Å²) in [5.41, 5.74) is 6.06. The highest BCUT2D eigenvalue weighted by atomic mass is 16.5. The van der Waals surface area contributed by atoms with Gasteiger partial charge in [0.05, 0.1) is 11.4 Å². The van der Waals surface area contributed by atoms with E-state index in [0.29, 0.717) is 6.04 Å². The zero-order valence-electron chi connectivity index (χ0n) is 13.4. The van der Waals surface area contributed by atoms with Crippen molar-refractivity contribution < 1.29 is 4.52 Å². The molecule has 5 nitrogen and oxygen atoms in total. The molecule has 1 atom stereocenters. The third kappa shape index (κ3) is 2.50. The first-order valence-electron chi connectivity index (χ1n) is 7.81. The van der Waals surface area contributed by atoms with Gasteiger partial charge in [-0.15, -0.1) is 0 Å². The lowest BCUT2D eigenvalue weighted by Crippen LogP contribution is -2.24. The minimum atomic E-state index is 0.461. The zero-order valence-corrected chi connectivity index (χ0v) is 13.4. The average Bonchev–Trinajstić information content (AvgIpc) is 3.13. The Labute approximate surface area is 125 Å². The van der Waals surface area contributed by atoms with Crippen molar-refractivity contribution in [2.75, 3.05) is 6.54 Å². The van der Waals surface area contributed by atoms with Crippen molar-refractivity contribution in [3.63, 3.8) is 0 Å². The van der Waals surface area contributed by atoms with Crippen LogP contribution in [-0.4, -0.2) is 26.8 Å². The molecule has 0 amide bonds. The molecule has 114 valence electrons. The van der Waals surface area contributed by atoms with Crippen LogP contribution in [0.3, 0.4) is 0 Å². The van der Waals surface area contributed by atoms with Gasteiger partial charge in [-0.1, -0.05) is 12.1 Å². The maximum absolute atomic E-state index is 5.38. The van der Waals surface area contributed by atoms with Gasteiger partial charge >= 0.3 is 0 Å². The summed E-state index contributed by atoms with van der Waals surface area (Å²) in [6.45, 7) is 10.4. The normalized spacial score (nSPS) is 19.5. The predicted molar refractivity (Wildman–Crippen MR) is 81.1 cm³/mol. The number of nitrogens with one attached hydrogen (secondary N) is 1. The quantitative estimate of drug-likeness (QED) is 0.938. The summed E-state index contributed by atoms with van der Waals surface area (Å²) in [5, 5.41) is 11.7. The van der Waals surface area contributed by atoms with E-state index in [1.54, 1.807) is 0 Å². The first-order chi connectivity index (χ1) is 10.1. The van der Waals surface area contributed by atoms with Gasteiger partial charge < -0.3 is 4.52 Å². The Kier molecular flexibility index (Phi) is 3.85. The number of hydrogen-bond donors (Lipinski definition) is 1. The van der Waals surface area contributed by atoms with Gasteiger partial charge in [0.25, 0.3) is 0 Å². The fourth-order valence-corrected chi connectivity index (χ4v) is 3.51. The van der Waals surface area contributed by atoms with E-state index < -0.39 is 0 Å². The molecule has 2 aromatic rings. The minimum Gasteiger partial charge on any atom is -0.361 e. The molecule has 3 heterocycles. The number of likely N-dealkylation sites (tertiary alicyclic amines) is 1. The van der Waals surface area contributed by atoms with E-state index in [2.05, 4.69) is 41.0 Å². The molecule has 0 aromatic carbocycles. The molecule has 5 heteroatoms. The zero-order chi connectivity index (χ0) is 15.0. The molecule has 1 unspecified atom stereocenters. The van der Waals surface area contributed by atoms with E-state index in [4.69, 9.17) is 4.52 Å². The monoisotopic (exact) mass is 288 g/mol. The lowest BCUT2D eigenvalue weighted by Gasteiger charge is -2.25. The van der Waals surface area contributed by atoms with Crippen LogP contribution in [0.25, 0.3) is 0 Å². The van der Waals surface area contributed by atoms with Crippen LogP contribution >= 0.6 is 0 Å². The van der Waals surface area contributed by atoms with Crippen LogP contribution in [-0.2, 0) is 13.0 Å². The molecule has 2 aromatic heterocycles. The molecular formula is C16H24N4O. The molecule has 0 radical (unpaired) electrons. The van der Waals surface area contributed by atoms with Crippen LogP contribution < -0.4 is 0 Å². The van der Waals surface area contributed by atoms with E-state index in [0.717, 1.165) is 36.7 Å². The molecule has 1 aliphatic rings. The summed E-state index contributed by atoms with van der Waals surface area (Å²) in [7, 11) is 0. The SMILES string of the molecule is CCc1noc(C)c1CN1CCCC1c1c(C)n[nH]c1C. The Morgan fingerprint density at radius 2 is 2.14 bits per heavy atom. The molecule has 1 fully saturated rings. The van der Waals surface area contributed by atoms with Gasteiger partial charge in [-0.05, 0) is 46.6 Å². The molecule has 0 bridgehead atoms. The first kappa shape index (κ1) is 14.3. The number of rotatable bonds is 4. The maximum atomic E-state index is 5.38. The van der Waals surface area contributed by atoms with Gasteiger partial charge in [0, 0.05) is 29.4 Å². The second-order valence-electron chi connectivity index (χ2n) is 5.99. The summed E-state index contributed by atoms with van der Waals surface area (Å²) in [5.74, 6) is 0.957. The van der Waals surface area contributed by atoms with Gasteiger partial charge in [-0.25, -0.2) is 0 Å². The van der Waals surface area contributed by atoms with E-state index in [1.165, 1.54) is 29.7 Å². The smallest absolute Gasteiger partial charge is 0.138 e. The van der Waals surface area contributed by atoms with Crippen LogP contribution in [0.2, 0.25) is 0 Å². The third-order valence-electron chi connectivity index (χ3n) is 4.64. The molecule has 0 saturated carbocycles. The van der Waals surface area contributed by atoms with Gasteiger partial charge in [0.2, 0.25) is 0 Å². The number of aryl methyl sites for hydroxylation is 4. The van der Waals surface area contributed by atoms with Crippen LogP contribution in [0, 0.1) is 20.8 Å². The number of nitrogens with zero attached hydrogens (tertiary/aromatic N) is 3. The second-order valence-corrected chi connectivity index (χ2v) is 5.99. The molecule has 21 heavy (non-hydrogen) atoms. The lowest BCUT2D eigenvalue weighted by molar-refractivity contribution is 0.245. The van der Waals surface area contributed by atoms with Crippen molar-refractivity contribution in [3.8, 4) is 0 Å². The Bertz CT molecular complexity index is 609. The number of aromatic amines is 1. The fourth-order valence-electron chi connectivity index (χ4n) is 3.51. The topological polar surface area (TPSA) is 58.0 Å². The third-order valence-corrected chi connectivity index (χ3v) is 4.64. The summed E-state index contributed by atoms with van der Waals surface area (Å²) in [6.07, 6.45) is 3.36. The lowest BCUT2D eigenvalue weighted by atomic mass is 10.0. The molecule has 0 aliphatic carbocycles. The van der Waals surface area contributed by atoms with E-state index in [9.17, 15) is 0 Å². The molecule has 1 N–H and O–H groups in total. The van der Waals surface area contributed by atoms with Gasteiger partial charge in [-0.3, -0.25) is 10.00 Å². The number of hydrogen-bond acceptors (Lipinski definition) is 4. The summed E-state index contributed by atoms with van der Waals surface area (Å²) >= 11 is 0. The highest BCUT2D eigenvalue weighted by Gasteiger charge is 2.31. The van der Waals surface area contributed by atoms with Crippen molar-refractivity contribution in [1.82, 2.24) is 20.3 Å². The van der Waals surface area contributed by atoms with Crippen LogP contribution in [0.4, 0.5) is 0 Å². The summed E-state index contributed by atoms with van der Waals surface area (Å²) in [6, 6.07) is 0.461. The number of aromatic nitrogens is 3. The largest absolute Gasteiger partial charge is 0.361 e. The summed E-state index contributed by atoms with van der Waals surface area (Å²) < 4.78 is 5.38. The second kappa shape index (κ2) is 5.64. The van der Waals surface area contributed by atoms with Crippen LogP contribution in [0.15, 0.2) is 4.52 Å². The molecular weight excluding hydrogens is 264 g/mol. The highest BCUT2D eigenvalue weighted by Crippen LogP contribution is 2.36. The van der Waals surface area contributed by atoms with Crippen LogP contribution in [0.5, 0.6) is 0 Å². The Balaban J connectivity index is 1.86. The standard InChI is InChI=1S/C16H24N4O/c1-5-14-13(12(4)21-19-14)9-20-8-6-7-15(20)16-10(2)17-18-11(16)3/h15H,5-9H2,1-4H3,(H,17,18). The minimum absolute atomic E-state index is 0.461. The first-order valence-corrected chi connectivity index (χ1v) is 7.81. The van der Waals surface area contributed by atoms with E-state index >= 15 is 0 Å². The highest BCUT2D eigenvalue weighted by molar-refractivity contribution is 5.29. The molecule has 0 spiro atoms. The molecule has 1 aliphatic heterocycles. The Hall–Kier alpha value is -1.62. The van der Waals surface area contributed by atoms with Crippen molar-refractivity contribution in [1.29, 1.82) is 0 Å². The molecule has 3 rings (SSSR count). The van der Waals surface area contributed by atoms with Crippen molar-refractivity contribution in [2.45, 2.75) is 59.5 Å². The molecule has 1 saturated heterocycles. The van der Waals surface area contributed by atoms with E-state index in [1.807, 2.05) is 6.92 Å². The van der Waals surface area contributed by atoms with Gasteiger partial charge in [0.15, 0.2) is 0 Å². The van der Waals surface area contributed by atoms with Gasteiger partial charge in [0.1, 0.15) is 5.76 Å².